The van der Waals surface area contributed by atoms with Gasteiger partial charge in [0.15, 0.2) is 0 Å². The van der Waals surface area contributed by atoms with Crippen LogP contribution in [0.5, 0.6) is 0 Å². The van der Waals surface area contributed by atoms with Gasteiger partial charge in [0.2, 0.25) is 0 Å². The number of rotatable bonds is 2. The van der Waals surface area contributed by atoms with Crippen LogP contribution in [-0.4, -0.2) is 24.9 Å². The third-order valence-corrected chi connectivity index (χ3v) is 4.68. The van der Waals surface area contributed by atoms with E-state index < -0.39 is 17.6 Å². The molecule has 2 aromatic rings. The van der Waals surface area contributed by atoms with Gasteiger partial charge in [0.25, 0.3) is 11.8 Å². The molecule has 2 aliphatic heterocycles. The summed E-state index contributed by atoms with van der Waals surface area (Å²) >= 11 is 0. The summed E-state index contributed by atoms with van der Waals surface area (Å²) in [5.41, 5.74) is 1.54. The van der Waals surface area contributed by atoms with Crippen LogP contribution in [0.2, 0.25) is 0 Å². The molecule has 2 aliphatic rings. The standard InChI is InChI=1S/C19H17FN2O2/c20-16-12-13(8-9-17(16)21-10-4-1-5-11-21)22-18(23)14-6-2-3-7-15(14)19(22)24/h2-3,6-9,12H,1,4-5,10-11H2. The second-order valence-corrected chi connectivity index (χ2v) is 6.17. The average molecular weight is 324 g/mol. The second kappa shape index (κ2) is 5.74. The molecule has 0 radical (unpaired) electrons. The monoisotopic (exact) mass is 324 g/mol. The maximum Gasteiger partial charge on any atom is 0.266 e. The van der Waals surface area contributed by atoms with Crippen molar-refractivity contribution < 1.29 is 14.0 Å². The molecule has 0 N–H and O–H groups in total. The van der Waals surface area contributed by atoms with Crippen LogP contribution in [0.25, 0.3) is 0 Å². The van der Waals surface area contributed by atoms with Crippen LogP contribution < -0.4 is 9.80 Å². The van der Waals surface area contributed by atoms with Crippen molar-refractivity contribution in [2.24, 2.45) is 0 Å². The zero-order valence-corrected chi connectivity index (χ0v) is 13.2. The van der Waals surface area contributed by atoms with Gasteiger partial charge in [-0.1, -0.05) is 12.1 Å². The van der Waals surface area contributed by atoms with Crippen molar-refractivity contribution in [1.29, 1.82) is 0 Å². The Labute approximate surface area is 139 Å². The molecular formula is C19H17FN2O2. The third-order valence-electron chi connectivity index (χ3n) is 4.68. The van der Waals surface area contributed by atoms with Crippen molar-refractivity contribution in [1.82, 2.24) is 0 Å². The number of carbonyl (C=O) groups is 2. The smallest absolute Gasteiger partial charge is 0.266 e. The van der Waals surface area contributed by atoms with Crippen molar-refractivity contribution in [3.63, 3.8) is 0 Å². The largest absolute Gasteiger partial charge is 0.369 e. The topological polar surface area (TPSA) is 40.6 Å². The fourth-order valence-corrected chi connectivity index (χ4v) is 3.45. The summed E-state index contributed by atoms with van der Waals surface area (Å²) in [6.45, 7) is 1.67. The highest BCUT2D eigenvalue weighted by Gasteiger charge is 2.36. The lowest BCUT2D eigenvalue weighted by molar-refractivity contribution is 0.0926. The molecule has 24 heavy (non-hydrogen) atoms. The molecule has 1 fully saturated rings. The van der Waals surface area contributed by atoms with Crippen LogP contribution in [0.1, 0.15) is 40.0 Å². The minimum absolute atomic E-state index is 0.277. The number of anilines is 2. The van der Waals surface area contributed by atoms with Gasteiger partial charge in [-0.15, -0.1) is 0 Å². The Kier molecular flexibility index (Phi) is 3.56. The molecule has 2 aromatic carbocycles. The highest BCUT2D eigenvalue weighted by atomic mass is 19.1. The second-order valence-electron chi connectivity index (χ2n) is 6.17. The van der Waals surface area contributed by atoms with E-state index in [4.69, 9.17) is 0 Å². The van der Waals surface area contributed by atoms with Gasteiger partial charge in [-0.05, 0) is 43.5 Å². The molecule has 4 nitrogen and oxygen atoms in total. The van der Waals surface area contributed by atoms with Crippen LogP contribution in [0.4, 0.5) is 15.8 Å². The van der Waals surface area contributed by atoms with Gasteiger partial charge in [0.1, 0.15) is 5.82 Å². The molecule has 2 heterocycles. The summed E-state index contributed by atoms with van der Waals surface area (Å²) in [4.78, 5) is 28.0. The van der Waals surface area contributed by atoms with Crippen LogP contribution in [0, 0.1) is 5.82 Å². The summed E-state index contributed by atoms with van der Waals surface area (Å²) in [5.74, 6) is -1.20. The molecule has 0 saturated carbocycles. The molecule has 122 valence electrons. The fourth-order valence-electron chi connectivity index (χ4n) is 3.45. The summed E-state index contributed by atoms with van der Waals surface area (Å²) in [6, 6.07) is 11.3. The quantitative estimate of drug-likeness (QED) is 0.792. The number of hydrogen-bond donors (Lipinski definition) is 0. The molecule has 0 aliphatic carbocycles. The van der Waals surface area contributed by atoms with E-state index in [-0.39, 0.29) is 5.69 Å². The first kappa shape index (κ1) is 14.9. The zero-order valence-electron chi connectivity index (χ0n) is 13.2. The van der Waals surface area contributed by atoms with E-state index >= 15 is 0 Å². The van der Waals surface area contributed by atoms with Gasteiger partial charge in [-0.3, -0.25) is 9.59 Å². The van der Waals surface area contributed by atoms with E-state index in [2.05, 4.69) is 0 Å². The fraction of sp³-hybridized carbons (Fsp3) is 0.263. The lowest BCUT2D eigenvalue weighted by Crippen LogP contribution is -2.31. The van der Waals surface area contributed by atoms with E-state index in [1.165, 1.54) is 12.5 Å². The molecule has 0 bridgehead atoms. The Morgan fingerprint density at radius 3 is 2.04 bits per heavy atom. The number of piperidine rings is 1. The van der Waals surface area contributed by atoms with Gasteiger partial charge in [-0.2, -0.15) is 0 Å². The molecule has 0 spiro atoms. The first-order chi connectivity index (χ1) is 11.7. The van der Waals surface area contributed by atoms with Gasteiger partial charge >= 0.3 is 0 Å². The molecule has 5 heteroatoms. The Bertz CT molecular complexity index is 793. The number of fused-ring (bicyclic) bond motifs is 1. The van der Waals surface area contributed by atoms with E-state index in [0.29, 0.717) is 16.8 Å². The van der Waals surface area contributed by atoms with Gasteiger partial charge < -0.3 is 4.90 Å². The van der Waals surface area contributed by atoms with Crippen molar-refractivity contribution in [2.45, 2.75) is 19.3 Å². The Balaban J connectivity index is 1.67. The number of amides is 2. The lowest BCUT2D eigenvalue weighted by Gasteiger charge is -2.29. The van der Waals surface area contributed by atoms with Crippen LogP contribution in [-0.2, 0) is 0 Å². The Morgan fingerprint density at radius 1 is 0.833 bits per heavy atom. The average Bonchev–Trinajstić information content (AvgIpc) is 2.87. The Morgan fingerprint density at radius 2 is 1.46 bits per heavy atom. The lowest BCUT2D eigenvalue weighted by atomic mass is 10.1. The molecule has 0 aromatic heterocycles. The summed E-state index contributed by atoms with van der Waals surface area (Å²) in [5, 5.41) is 0. The van der Waals surface area contributed by atoms with Crippen molar-refractivity contribution in [3.05, 3.63) is 59.4 Å². The normalized spacial score (nSPS) is 17.4. The van der Waals surface area contributed by atoms with Crippen molar-refractivity contribution in [2.75, 3.05) is 22.9 Å². The van der Waals surface area contributed by atoms with Gasteiger partial charge in [0, 0.05) is 19.2 Å². The summed E-state index contributed by atoms with van der Waals surface area (Å²) in [6.07, 6.45) is 3.28. The van der Waals surface area contributed by atoms with Crippen molar-refractivity contribution >= 4 is 23.2 Å². The number of carbonyl (C=O) groups excluding carboxylic acids is 2. The first-order valence-electron chi connectivity index (χ1n) is 8.19. The molecule has 0 atom stereocenters. The number of imide groups is 1. The van der Waals surface area contributed by atoms with Gasteiger partial charge in [0.05, 0.1) is 22.5 Å². The van der Waals surface area contributed by atoms with E-state index in [0.717, 1.165) is 30.8 Å². The highest BCUT2D eigenvalue weighted by molar-refractivity contribution is 6.34. The predicted molar refractivity (Wildman–Crippen MR) is 90.0 cm³/mol. The molecule has 0 unspecified atom stereocenters. The molecular weight excluding hydrogens is 307 g/mol. The molecule has 1 saturated heterocycles. The number of halogens is 1. The maximum absolute atomic E-state index is 14.6. The summed E-state index contributed by atoms with van der Waals surface area (Å²) < 4.78 is 14.6. The first-order valence-corrected chi connectivity index (χ1v) is 8.19. The zero-order chi connectivity index (χ0) is 16.7. The number of nitrogens with zero attached hydrogens (tertiary/aromatic N) is 2. The maximum atomic E-state index is 14.6. The van der Waals surface area contributed by atoms with Crippen LogP contribution in [0.15, 0.2) is 42.5 Å². The Hall–Kier alpha value is -2.69. The SMILES string of the molecule is O=C1c2ccccc2C(=O)N1c1ccc(N2CCCCC2)c(F)c1. The molecule has 4 rings (SSSR count). The van der Waals surface area contributed by atoms with Gasteiger partial charge in [-0.25, -0.2) is 9.29 Å². The van der Waals surface area contributed by atoms with Crippen LogP contribution in [0.3, 0.4) is 0 Å². The minimum atomic E-state index is -0.402. The van der Waals surface area contributed by atoms with E-state index in [1.54, 1.807) is 36.4 Å². The van der Waals surface area contributed by atoms with E-state index in [1.807, 2.05) is 4.90 Å². The number of benzene rings is 2. The highest BCUT2D eigenvalue weighted by Crippen LogP contribution is 2.32. The summed E-state index contributed by atoms with van der Waals surface area (Å²) in [7, 11) is 0. The van der Waals surface area contributed by atoms with Crippen molar-refractivity contribution in [3.8, 4) is 0 Å². The van der Waals surface area contributed by atoms with E-state index in [9.17, 15) is 14.0 Å². The van der Waals surface area contributed by atoms with Crippen LogP contribution >= 0.6 is 0 Å². The predicted octanol–water partition coefficient (Wildman–Crippen LogP) is 3.62. The third kappa shape index (κ3) is 2.28. The molecule has 2 amide bonds. The number of hydrogen-bond acceptors (Lipinski definition) is 3. The minimum Gasteiger partial charge on any atom is -0.369 e.